The lowest BCUT2D eigenvalue weighted by molar-refractivity contribution is -0.0929. The van der Waals surface area contributed by atoms with Gasteiger partial charge in [0.2, 0.25) is 0 Å². The second kappa shape index (κ2) is 4.81. The number of rotatable bonds is 1. The SMILES string of the molecule is Cc1ccc(C(=O)N2Cc3ccccc3C(=O)O2)cc1. The smallest absolute Gasteiger partial charge is 0.332 e. The minimum Gasteiger partial charge on any atom is -0.332 e. The van der Waals surface area contributed by atoms with E-state index >= 15 is 0 Å². The van der Waals surface area contributed by atoms with Crippen molar-refractivity contribution < 1.29 is 14.4 Å². The first-order valence-electron chi connectivity index (χ1n) is 6.34. The van der Waals surface area contributed by atoms with Gasteiger partial charge in [-0.3, -0.25) is 4.79 Å². The van der Waals surface area contributed by atoms with Gasteiger partial charge in [0.25, 0.3) is 5.91 Å². The first-order chi connectivity index (χ1) is 9.65. The zero-order valence-electron chi connectivity index (χ0n) is 11.0. The van der Waals surface area contributed by atoms with E-state index in [9.17, 15) is 9.59 Å². The number of fused-ring (bicyclic) bond motifs is 1. The number of hydrogen-bond acceptors (Lipinski definition) is 3. The number of carbonyl (C=O) groups is 2. The average molecular weight is 267 g/mol. The van der Waals surface area contributed by atoms with Crippen molar-refractivity contribution in [2.45, 2.75) is 13.5 Å². The molecule has 1 heterocycles. The maximum atomic E-state index is 12.3. The van der Waals surface area contributed by atoms with Gasteiger partial charge in [0.05, 0.1) is 12.1 Å². The van der Waals surface area contributed by atoms with Crippen LogP contribution in [0.4, 0.5) is 0 Å². The molecule has 1 amide bonds. The Morgan fingerprint density at radius 1 is 1.10 bits per heavy atom. The van der Waals surface area contributed by atoms with E-state index < -0.39 is 5.97 Å². The monoisotopic (exact) mass is 267 g/mol. The van der Waals surface area contributed by atoms with Gasteiger partial charge in [-0.2, -0.15) is 5.06 Å². The Morgan fingerprint density at radius 2 is 1.80 bits per heavy atom. The Hall–Kier alpha value is -2.62. The molecule has 0 aliphatic carbocycles. The van der Waals surface area contributed by atoms with Gasteiger partial charge in [-0.05, 0) is 30.7 Å². The van der Waals surface area contributed by atoms with E-state index in [1.54, 1.807) is 24.3 Å². The molecule has 0 fully saturated rings. The van der Waals surface area contributed by atoms with Crippen molar-refractivity contribution in [1.29, 1.82) is 0 Å². The number of hydrogen-bond donors (Lipinski definition) is 0. The maximum Gasteiger partial charge on any atom is 0.363 e. The number of hydroxylamine groups is 2. The average Bonchev–Trinajstić information content (AvgIpc) is 2.47. The third-order valence-corrected chi connectivity index (χ3v) is 3.27. The first-order valence-corrected chi connectivity index (χ1v) is 6.34. The zero-order chi connectivity index (χ0) is 14.1. The topological polar surface area (TPSA) is 46.6 Å². The molecule has 0 bridgehead atoms. The summed E-state index contributed by atoms with van der Waals surface area (Å²) in [4.78, 5) is 29.3. The third-order valence-electron chi connectivity index (χ3n) is 3.27. The Morgan fingerprint density at radius 3 is 2.55 bits per heavy atom. The Balaban J connectivity index is 1.88. The first kappa shape index (κ1) is 12.4. The van der Waals surface area contributed by atoms with Crippen LogP contribution in [0.5, 0.6) is 0 Å². The lowest BCUT2D eigenvalue weighted by Crippen LogP contribution is -2.37. The minimum absolute atomic E-state index is 0.272. The molecule has 0 saturated carbocycles. The molecule has 0 atom stereocenters. The van der Waals surface area contributed by atoms with Gasteiger partial charge in [-0.25, -0.2) is 4.79 Å². The summed E-state index contributed by atoms with van der Waals surface area (Å²) in [5.41, 5.74) is 2.88. The number of aryl methyl sites for hydroxylation is 1. The second-order valence-electron chi connectivity index (χ2n) is 4.74. The van der Waals surface area contributed by atoms with Crippen LogP contribution in [-0.4, -0.2) is 16.9 Å². The van der Waals surface area contributed by atoms with Crippen molar-refractivity contribution in [2.24, 2.45) is 0 Å². The van der Waals surface area contributed by atoms with E-state index in [-0.39, 0.29) is 12.5 Å². The van der Waals surface area contributed by atoms with Crippen molar-refractivity contribution in [1.82, 2.24) is 5.06 Å². The molecule has 0 spiro atoms. The van der Waals surface area contributed by atoms with Crippen molar-refractivity contribution in [2.75, 3.05) is 0 Å². The summed E-state index contributed by atoms with van der Waals surface area (Å²) in [6.07, 6.45) is 0. The summed E-state index contributed by atoms with van der Waals surface area (Å²) in [5, 5.41) is 1.11. The van der Waals surface area contributed by atoms with Gasteiger partial charge in [0, 0.05) is 5.56 Å². The van der Waals surface area contributed by atoms with Crippen molar-refractivity contribution in [3.63, 3.8) is 0 Å². The molecule has 0 N–H and O–H groups in total. The van der Waals surface area contributed by atoms with E-state index in [1.165, 1.54) is 0 Å². The summed E-state index contributed by atoms with van der Waals surface area (Å²) in [7, 11) is 0. The maximum absolute atomic E-state index is 12.3. The van der Waals surface area contributed by atoms with E-state index in [0.717, 1.165) is 16.2 Å². The van der Waals surface area contributed by atoms with Crippen molar-refractivity contribution in [3.8, 4) is 0 Å². The molecule has 0 radical (unpaired) electrons. The third kappa shape index (κ3) is 2.16. The predicted molar refractivity (Wildman–Crippen MR) is 72.9 cm³/mol. The molecule has 1 aliphatic heterocycles. The minimum atomic E-state index is -0.493. The Labute approximate surface area is 116 Å². The fourth-order valence-corrected chi connectivity index (χ4v) is 2.15. The molecule has 4 heteroatoms. The number of carbonyl (C=O) groups excluding carboxylic acids is 2. The molecule has 1 aliphatic rings. The van der Waals surface area contributed by atoms with Gasteiger partial charge in [0.15, 0.2) is 0 Å². The molecule has 0 unspecified atom stereocenters. The van der Waals surface area contributed by atoms with Gasteiger partial charge >= 0.3 is 5.97 Å². The van der Waals surface area contributed by atoms with Gasteiger partial charge in [-0.15, -0.1) is 0 Å². The van der Waals surface area contributed by atoms with Gasteiger partial charge < -0.3 is 4.84 Å². The van der Waals surface area contributed by atoms with Crippen molar-refractivity contribution >= 4 is 11.9 Å². The van der Waals surface area contributed by atoms with Crippen LogP contribution in [0.2, 0.25) is 0 Å². The summed E-state index contributed by atoms with van der Waals surface area (Å²) in [5.74, 6) is -0.805. The summed E-state index contributed by atoms with van der Waals surface area (Å²) in [6.45, 7) is 2.22. The molecule has 100 valence electrons. The van der Waals surface area contributed by atoms with Crippen LogP contribution in [0.3, 0.4) is 0 Å². The van der Waals surface area contributed by atoms with Crippen molar-refractivity contribution in [3.05, 3.63) is 70.8 Å². The largest absolute Gasteiger partial charge is 0.363 e. The summed E-state index contributed by atoms with van der Waals surface area (Å²) in [6, 6.07) is 14.3. The van der Waals surface area contributed by atoms with Gasteiger partial charge in [-0.1, -0.05) is 35.9 Å². The molecule has 2 aromatic carbocycles. The lowest BCUT2D eigenvalue weighted by Gasteiger charge is -2.26. The number of benzene rings is 2. The number of amides is 1. The van der Waals surface area contributed by atoms with E-state index in [1.807, 2.05) is 31.2 Å². The van der Waals surface area contributed by atoms with Crippen LogP contribution < -0.4 is 0 Å². The summed E-state index contributed by atoms with van der Waals surface area (Å²) >= 11 is 0. The van der Waals surface area contributed by atoms with Crippen LogP contribution in [0.1, 0.15) is 31.8 Å². The van der Waals surface area contributed by atoms with Crippen LogP contribution in [0.15, 0.2) is 48.5 Å². The van der Waals surface area contributed by atoms with Crippen LogP contribution in [-0.2, 0) is 11.4 Å². The van der Waals surface area contributed by atoms with E-state index in [2.05, 4.69) is 0 Å². The normalized spacial score (nSPS) is 13.7. The van der Waals surface area contributed by atoms with Gasteiger partial charge in [0.1, 0.15) is 0 Å². The molecule has 0 aromatic heterocycles. The highest BCUT2D eigenvalue weighted by molar-refractivity contribution is 5.97. The highest BCUT2D eigenvalue weighted by Gasteiger charge is 2.28. The molecule has 2 aromatic rings. The summed E-state index contributed by atoms with van der Waals surface area (Å²) < 4.78 is 0. The fourth-order valence-electron chi connectivity index (χ4n) is 2.15. The highest BCUT2D eigenvalue weighted by atomic mass is 16.7. The van der Waals surface area contributed by atoms with Crippen LogP contribution in [0, 0.1) is 6.92 Å². The Bertz CT molecular complexity index is 676. The highest BCUT2D eigenvalue weighted by Crippen LogP contribution is 2.21. The quantitative estimate of drug-likeness (QED) is 0.798. The van der Waals surface area contributed by atoms with E-state index in [0.29, 0.717) is 11.1 Å². The van der Waals surface area contributed by atoms with E-state index in [4.69, 9.17) is 4.84 Å². The molecular formula is C16H13NO3. The standard InChI is InChI=1S/C16H13NO3/c1-11-6-8-12(9-7-11)15(18)17-10-13-4-2-3-5-14(13)16(19)20-17/h2-9H,10H2,1H3. The Kier molecular flexibility index (Phi) is 2.99. The zero-order valence-corrected chi connectivity index (χ0v) is 11.0. The molecule has 3 rings (SSSR count). The lowest BCUT2D eigenvalue weighted by atomic mass is 10.1. The molecule has 20 heavy (non-hydrogen) atoms. The second-order valence-corrected chi connectivity index (χ2v) is 4.74. The predicted octanol–water partition coefficient (Wildman–Crippen LogP) is 2.72. The molecule has 4 nitrogen and oxygen atoms in total. The van der Waals surface area contributed by atoms with Crippen LogP contribution >= 0.6 is 0 Å². The molecule has 0 saturated heterocycles. The van der Waals surface area contributed by atoms with Crippen LogP contribution in [0.25, 0.3) is 0 Å². The fraction of sp³-hybridized carbons (Fsp3) is 0.125. The number of nitrogens with zero attached hydrogens (tertiary/aromatic N) is 1. The molecular weight excluding hydrogens is 254 g/mol.